The molecular formula is C44H48FN7O5. The molecule has 7 atom stereocenters. The highest BCUT2D eigenvalue weighted by Crippen LogP contribution is 2.54. The molecule has 2 saturated carbocycles. The van der Waals surface area contributed by atoms with Gasteiger partial charge in [0.2, 0.25) is 17.8 Å². The number of halogens is 1. The molecular weight excluding hydrogens is 726 g/mol. The number of nitrogens with one attached hydrogen (secondary N) is 3. The number of aliphatic imine (C=N–C) groups is 1. The number of ether oxygens (including phenoxy) is 2. The second-order valence-corrected chi connectivity index (χ2v) is 15.6. The van der Waals surface area contributed by atoms with E-state index in [0.717, 1.165) is 77.8 Å². The third-order valence-electron chi connectivity index (χ3n) is 12.4. The van der Waals surface area contributed by atoms with Gasteiger partial charge in [0, 0.05) is 62.1 Å². The maximum Gasteiger partial charge on any atom is 0.407 e. The Morgan fingerprint density at radius 2 is 1.67 bits per heavy atom. The van der Waals surface area contributed by atoms with Gasteiger partial charge in [-0.1, -0.05) is 54.6 Å². The van der Waals surface area contributed by atoms with E-state index in [1.54, 1.807) is 30.2 Å². The van der Waals surface area contributed by atoms with Gasteiger partial charge < -0.3 is 30.0 Å². The molecule has 57 heavy (non-hydrogen) atoms. The van der Waals surface area contributed by atoms with Crippen LogP contribution < -0.4 is 10.6 Å². The van der Waals surface area contributed by atoms with Gasteiger partial charge in [-0.05, 0) is 84.8 Å². The van der Waals surface area contributed by atoms with Crippen LogP contribution >= 0.6 is 0 Å². The minimum Gasteiger partial charge on any atom is -0.453 e. The van der Waals surface area contributed by atoms with Crippen molar-refractivity contribution in [1.29, 1.82) is 0 Å². The smallest absolute Gasteiger partial charge is 0.407 e. The van der Waals surface area contributed by atoms with Crippen molar-refractivity contribution < 1.29 is 28.2 Å². The summed E-state index contributed by atoms with van der Waals surface area (Å²) < 4.78 is 24.3. The molecule has 4 heterocycles. The van der Waals surface area contributed by atoms with Crippen molar-refractivity contribution in [2.24, 2.45) is 28.7 Å². The molecule has 3 unspecified atom stereocenters. The normalized spacial score (nSPS) is 23.5. The van der Waals surface area contributed by atoms with E-state index < -0.39 is 24.2 Å². The van der Waals surface area contributed by atoms with Crippen molar-refractivity contribution in [3.63, 3.8) is 0 Å². The lowest BCUT2D eigenvalue weighted by molar-refractivity contribution is -0.137. The Balaban J connectivity index is 0.889. The average Bonchev–Trinajstić information content (AvgIpc) is 4.10. The molecule has 4 aromatic rings. The van der Waals surface area contributed by atoms with Crippen LogP contribution in [-0.2, 0) is 25.6 Å². The van der Waals surface area contributed by atoms with Crippen LogP contribution in [0.15, 0.2) is 84.2 Å². The number of carbonyl (C=O) groups is 3. The number of aromatic nitrogens is 3. The number of alkyl carbamates (subject to hydrolysis) is 1. The lowest BCUT2D eigenvalue weighted by Crippen LogP contribution is -2.54. The number of benzene rings is 2. The summed E-state index contributed by atoms with van der Waals surface area (Å²) in [5.41, 5.74) is 7.72. The molecule has 3 fully saturated rings. The number of rotatable bonds is 12. The summed E-state index contributed by atoms with van der Waals surface area (Å²) in [4.78, 5) is 57.6. The van der Waals surface area contributed by atoms with Crippen LogP contribution in [0.5, 0.6) is 0 Å². The van der Waals surface area contributed by atoms with E-state index in [2.05, 4.69) is 74.1 Å². The monoisotopic (exact) mass is 773 g/mol. The lowest BCUT2D eigenvalue weighted by atomic mass is 9.75. The third kappa shape index (κ3) is 7.72. The molecule has 2 bridgehead atoms. The Labute approximate surface area is 331 Å². The molecule has 1 saturated heterocycles. The van der Waals surface area contributed by atoms with E-state index in [1.807, 2.05) is 6.20 Å². The Morgan fingerprint density at radius 1 is 0.947 bits per heavy atom. The first-order valence-electron chi connectivity index (χ1n) is 19.8. The van der Waals surface area contributed by atoms with Gasteiger partial charge in [0.25, 0.3) is 0 Å². The zero-order chi connectivity index (χ0) is 39.6. The molecule has 0 spiro atoms. The summed E-state index contributed by atoms with van der Waals surface area (Å²) in [6, 6.07) is 19.0. The van der Waals surface area contributed by atoms with Gasteiger partial charge in [0.1, 0.15) is 11.9 Å². The predicted octanol–water partition coefficient (Wildman–Crippen LogP) is 6.87. The second kappa shape index (κ2) is 16.4. The summed E-state index contributed by atoms with van der Waals surface area (Å²) in [6.07, 6.45) is 9.42. The number of nitrogens with zero attached hydrogens (tertiary/aromatic N) is 4. The van der Waals surface area contributed by atoms with Crippen LogP contribution in [0.2, 0.25) is 0 Å². The molecule has 2 aromatic heterocycles. The first kappa shape index (κ1) is 38.2. The van der Waals surface area contributed by atoms with Crippen LogP contribution in [0, 0.1) is 29.6 Å². The predicted molar refractivity (Wildman–Crippen MR) is 213 cm³/mol. The average molecular weight is 774 g/mol. The fourth-order valence-corrected chi connectivity index (χ4v) is 9.39. The summed E-state index contributed by atoms with van der Waals surface area (Å²) >= 11 is 0. The van der Waals surface area contributed by atoms with Crippen LogP contribution in [0.25, 0.3) is 28.0 Å². The quantitative estimate of drug-likeness (QED) is 0.133. The Morgan fingerprint density at radius 3 is 2.39 bits per heavy atom. The zero-order valence-electron chi connectivity index (χ0n) is 32.4. The molecule has 3 amide bonds. The van der Waals surface area contributed by atoms with Gasteiger partial charge in [-0.15, -0.1) is 0 Å². The standard InChI is InChI=1S/C44H48FN7O5/c1-25(56-2)39(51-44(55)57-3)43(54)52-19-5-7-36(52)41-48-24-35(50-41)29-14-12-27(13-15-29)26-8-10-28(11-9-26)33-21-34(47-23-33)37-30-16-17-31(20-30)38(37)42(53)49-22-32-6-4-18-46-40(32)45/h4,6,8-15,18,23-25,30-31,36-39H,5,7,16-17,19-22H2,1-3H3,(H,48,50)(H,49,53)(H,51,55)/t25-,30?,31?,36+,37?,38-,39+/m1/s1. The number of allylic oxidation sites excluding steroid dienone is 1. The molecule has 2 aromatic carbocycles. The number of hydrogen-bond donors (Lipinski definition) is 3. The minimum absolute atomic E-state index is 0.0140. The largest absolute Gasteiger partial charge is 0.453 e. The van der Waals surface area contributed by atoms with Gasteiger partial charge in [0.05, 0.1) is 31.1 Å². The second-order valence-electron chi connectivity index (χ2n) is 15.6. The summed E-state index contributed by atoms with van der Waals surface area (Å²) in [6.45, 7) is 2.42. The van der Waals surface area contributed by atoms with E-state index in [1.165, 1.54) is 20.4 Å². The van der Waals surface area contributed by atoms with Crippen molar-refractivity contribution >= 4 is 29.2 Å². The van der Waals surface area contributed by atoms with Gasteiger partial charge in [-0.25, -0.2) is 14.8 Å². The molecule has 2 aliphatic carbocycles. The van der Waals surface area contributed by atoms with Crippen LogP contribution in [-0.4, -0.2) is 76.4 Å². The Hall–Kier alpha value is -5.69. The molecule has 4 aliphatic rings. The highest BCUT2D eigenvalue weighted by atomic mass is 19.1. The number of imidazole rings is 1. The van der Waals surface area contributed by atoms with E-state index in [9.17, 15) is 18.8 Å². The molecule has 0 radical (unpaired) electrons. The maximum absolute atomic E-state index is 14.1. The number of fused-ring (bicyclic) bond motifs is 2. The first-order chi connectivity index (χ1) is 27.7. The SMILES string of the molecule is COC(=O)N[C@H](C(=O)N1CCC[C@H]1c1ncc(-c2ccc(-c3ccc(C4=CN=C(C5C6CCC(C6)[C@H]5C(=O)NCc5cccnc5F)C4)cc3)cc2)[nH]1)[C@@H](C)OC. The number of hydrogen-bond acceptors (Lipinski definition) is 8. The minimum atomic E-state index is -0.891. The van der Waals surface area contributed by atoms with Crippen molar-refractivity contribution in [1.82, 2.24) is 30.5 Å². The Bertz CT molecular complexity index is 2180. The van der Waals surface area contributed by atoms with Gasteiger partial charge in [-0.2, -0.15) is 4.39 Å². The van der Waals surface area contributed by atoms with E-state index in [4.69, 9.17) is 14.5 Å². The van der Waals surface area contributed by atoms with Crippen molar-refractivity contribution in [2.45, 2.75) is 70.2 Å². The number of amides is 3. The van der Waals surface area contributed by atoms with E-state index in [-0.39, 0.29) is 36.2 Å². The van der Waals surface area contributed by atoms with E-state index in [0.29, 0.717) is 29.8 Å². The Kier molecular flexibility index (Phi) is 11.0. The van der Waals surface area contributed by atoms with Crippen LogP contribution in [0.4, 0.5) is 9.18 Å². The number of pyridine rings is 1. The molecule has 8 rings (SSSR count). The lowest BCUT2D eigenvalue weighted by Gasteiger charge is -2.30. The summed E-state index contributed by atoms with van der Waals surface area (Å²) in [5, 5.41) is 5.63. The topological polar surface area (TPSA) is 151 Å². The molecule has 12 nitrogen and oxygen atoms in total. The molecule has 3 N–H and O–H groups in total. The van der Waals surface area contributed by atoms with Crippen molar-refractivity contribution in [3.05, 3.63) is 102 Å². The molecule has 296 valence electrons. The number of methoxy groups -OCH3 is 2. The number of aromatic amines is 1. The fourth-order valence-electron chi connectivity index (χ4n) is 9.39. The van der Waals surface area contributed by atoms with Gasteiger partial charge in [-0.3, -0.25) is 14.6 Å². The molecule has 2 aliphatic heterocycles. The van der Waals surface area contributed by atoms with Crippen molar-refractivity contribution in [3.8, 4) is 22.4 Å². The number of H-pyrrole nitrogens is 1. The highest BCUT2D eigenvalue weighted by molar-refractivity contribution is 6.02. The third-order valence-corrected chi connectivity index (χ3v) is 12.4. The van der Waals surface area contributed by atoms with Crippen LogP contribution in [0.3, 0.4) is 0 Å². The van der Waals surface area contributed by atoms with Gasteiger partial charge in [0.15, 0.2) is 0 Å². The number of carbonyl (C=O) groups excluding carboxylic acids is 3. The summed E-state index contributed by atoms with van der Waals surface area (Å²) in [7, 11) is 2.76. The fraction of sp³-hybridized carbons (Fsp3) is 0.409. The summed E-state index contributed by atoms with van der Waals surface area (Å²) in [5.74, 6) is 0.638. The van der Waals surface area contributed by atoms with E-state index >= 15 is 0 Å². The van der Waals surface area contributed by atoms with Crippen molar-refractivity contribution in [2.75, 3.05) is 20.8 Å². The highest BCUT2D eigenvalue weighted by Gasteiger charge is 2.52. The van der Waals surface area contributed by atoms with Gasteiger partial charge >= 0.3 is 6.09 Å². The number of likely N-dealkylation sites (tertiary alicyclic amines) is 1. The molecule has 13 heteroatoms. The zero-order valence-corrected chi connectivity index (χ0v) is 32.4. The first-order valence-corrected chi connectivity index (χ1v) is 19.8. The maximum atomic E-state index is 14.1. The van der Waals surface area contributed by atoms with Crippen LogP contribution in [0.1, 0.15) is 68.4 Å².